The van der Waals surface area contributed by atoms with Crippen LogP contribution in [0, 0.1) is 0 Å². The maximum atomic E-state index is 10.6. The third-order valence-corrected chi connectivity index (χ3v) is 4.13. The Labute approximate surface area is 192 Å². The second-order valence-corrected chi connectivity index (χ2v) is 6.52. The summed E-state index contributed by atoms with van der Waals surface area (Å²) in [5.74, 6) is -4.79. The molecule has 14 heteroatoms. The molecule has 35 heavy (non-hydrogen) atoms. The Bertz CT molecular complexity index is 1290. The van der Waals surface area contributed by atoms with Crippen LogP contribution in [0.2, 0.25) is 0 Å². The van der Waals surface area contributed by atoms with Crippen molar-refractivity contribution in [2.75, 3.05) is 12.4 Å². The lowest BCUT2D eigenvalue weighted by atomic mass is 10.1. The number of hydrogen-bond donors (Lipinski definition) is 3. The zero-order valence-electron chi connectivity index (χ0n) is 17.6. The normalized spacial score (nSPS) is 11.2. The smallest absolute Gasteiger partial charge is 0.475 e. The summed E-state index contributed by atoms with van der Waals surface area (Å²) in [6.07, 6.45) is -8.14. The summed E-state index contributed by atoms with van der Waals surface area (Å²) >= 11 is 0. The van der Waals surface area contributed by atoms with Crippen LogP contribution in [0.1, 0.15) is 0 Å². The highest BCUT2D eigenvalue weighted by Crippen LogP contribution is 2.22. The molecule has 0 aliphatic heterocycles. The number of benzene rings is 2. The largest absolute Gasteiger partial charge is 0.490 e. The van der Waals surface area contributed by atoms with E-state index in [9.17, 15) is 26.3 Å². The molecule has 4 aromatic rings. The van der Waals surface area contributed by atoms with Gasteiger partial charge in [0.05, 0.1) is 16.7 Å². The van der Waals surface area contributed by atoms with E-state index in [2.05, 4.69) is 33.5 Å². The van der Waals surface area contributed by atoms with Crippen molar-refractivity contribution < 1.29 is 46.1 Å². The van der Waals surface area contributed by atoms with Gasteiger partial charge in [-0.25, -0.2) is 19.6 Å². The van der Waals surface area contributed by atoms with Gasteiger partial charge in [-0.1, -0.05) is 24.3 Å². The number of rotatable bonds is 2. The van der Waals surface area contributed by atoms with Gasteiger partial charge in [-0.15, -0.1) is 0 Å². The highest BCUT2D eigenvalue weighted by atomic mass is 19.4. The van der Waals surface area contributed by atoms with Crippen LogP contribution in [-0.4, -0.2) is 55.9 Å². The quantitative estimate of drug-likeness (QED) is 0.335. The molecule has 0 saturated carbocycles. The number of hydrogen-bond acceptors (Lipinski definition) is 5. The Kier molecular flexibility index (Phi) is 8.23. The van der Waals surface area contributed by atoms with E-state index >= 15 is 0 Å². The number of carbonyl (C=O) groups is 2. The van der Waals surface area contributed by atoms with Crippen molar-refractivity contribution in [2.45, 2.75) is 12.4 Å². The van der Waals surface area contributed by atoms with E-state index in [1.165, 1.54) is 0 Å². The van der Waals surface area contributed by atoms with Crippen LogP contribution in [0.25, 0.3) is 28.1 Å². The van der Waals surface area contributed by atoms with Crippen molar-refractivity contribution in [2.24, 2.45) is 0 Å². The van der Waals surface area contributed by atoms with Gasteiger partial charge < -0.3 is 15.5 Å². The molecule has 0 amide bonds. The van der Waals surface area contributed by atoms with E-state index < -0.39 is 24.3 Å². The Morgan fingerprint density at radius 2 is 1.34 bits per heavy atom. The van der Waals surface area contributed by atoms with Crippen LogP contribution in [0.4, 0.5) is 32.0 Å². The molecule has 186 valence electrons. The zero-order chi connectivity index (χ0) is 26.4. The van der Waals surface area contributed by atoms with E-state index in [1.807, 2.05) is 54.0 Å². The first kappa shape index (κ1) is 26.9. The maximum absolute atomic E-state index is 10.6. The van der Waals surface area contributed by atoms with Crippen molar-refractivity contribution in [3.63, 3.8) is 0 Å². The fourth-order valence-corrected chi connectivity index (χ4v) is 2.52. The molecule has 2 heterocycles. The lowest BCUT2D eigenvalue weighted by molar-refractivity contribution is -0.193. The first-order chi connectivity index (χ1) is 16.2. The van der Waals surface area contributed by atoms with Crippen LogP contribution in [0.3, 0.4) is 0 Å². The number of halogens is 6. The van der Waals surface area contributed by atoms with E-state index in [1.54, 1.807) is 0 Å². The number of fused-ring (bicyclic) bond motifs is 3. The topological polar surface area (TPSA) is 117 Å². The van der Waals surface area contributed by atoms with E-state index in [0.29, 0.717) is 0 Å². The molecule has 2 aromatic carbocycles. The molecule has 0 aliphatic carbocycles. The second kappa shape index (κ2) is 10.7. The standard InChI is InChI=1S/C17H14N4.2C2HF3O2/c1-18-13-8-6-12(7-9-13)14-10-11-21-16-5-3-2-4-15(16)20-17(21)19-14;2*3-2(4,5)1(6)7/h2-11,18H,1H3;2*(H,6,7). The average Bonchev–Trinajstić information content (AvgIpc) is 3.16. The lowest BCUT2D eigenvalue weighted by Gasteiger charge is -2.04. The molecule has 0 atom stereocenters. The number of imidazole rings is 1. The van der Waals surface area contributed by atoms with Gasteiger partial charge in [-0.3, -0.25) is 4.40 Å². The van der Waals surface area contributed by atoms with Gasteiger partial charge in [0.25, 0.3) is 0 Å². The first-order valence-electron chi connectivity index (χ1n) is 9.36. The van der Waals surface area contributed by atoms with Crippen LogP contribution in [0.15, 0.2) is 60.8 Å². The highest BCUT2D eigenvalue weighted by Gasteiger charge is 2.38. The molecule has 4 rings (SSSR count). The molecular weight excluding hydrogens is 486 g/mol. The number of carboxylic acid groups (broad SMARTS) is 2. The van der Waals surface area contributed by atoms with E-state index in [0.717, 1.165) is 33.8 Å². The second-order valence-electron chi connectivity index (χ2n) is 6.52. The third kappa shape index (κ3) is 7.31. The molecule has 8 nitrogen and oxygen atoms in total. The predicted molar refractivity (Wildman–Crippen MR) is 113 cm³/mol. The van der Waals surface area contributed by atoms with Gasteiger partial charge >= 0.3 is 24.3 Å². The van der Waals surface area contributed by atoms with Gasteiger partial charge in [0.15, 0.2) is 0 Å². The minimum atomic E-state index is -5.08. The molecule has 0 unspecified atom stereocenters. The molecule has 0 spiro atoms. The summed E-state index contributed by atoms with van der Waals surface area (Å²) in [4.78, 5) is 27.0. The van der Waals surface area contributed by atoms with Crippen molar-refractivity contribution in [3.05, 3.63) is 60.8 Å². The van der Waals surface area contributed by atoms with Crippen LogP contribution in [-0.2, 0) is 9.59 Å². The fourth-order valence-electron chi connectivity index (χ4n) is 2.52. The molecule has 0 aliphatic rings. The summed E-state index contributed by atoms with van der Waals surface area (Å²) in [7, 11) is 1.91. The Balaban J connectivity index is 0.000000257. The number of nitrogens with one attached hydrogen (secondary N) is 1. The average molecular weight is 502 g/mol. The lowest BCUT2D eigenvalue weighted by Crippen LogP contribution is -2.21. The maximum Gasteiger partial charge on any atom is 0.490 e. The fraction of sp³-hybridized carbons (Fsp3) is 0.143. The summed E-state index contributed by atoms with van der Waals surface area (Å²) in [5, 5.41) is 17.4. The van der Waals surface area contributed by atoms with Gasteiger partial charge in [0, 0.05) is 24.5 Å². The molecule has 2 aromatic heterocycles. The van der Waals surface area contributed by atoms with Crippen LogP contribution >= 0.6 is 0 Å². The number of anilines is 1. The summed E-state index contributed by atoms with van der Waals surface area (Å²) < 4.78 is 65.5. The summed E-state index contributed by atoms with van der Waals surface area (Å²) in [6, 6.07) is 18.3. The monoisotopic (exact) mass is 502 g/mol. The zero-order valence-corrected chi connectivity index (χ0v) is 17.6. The van der Waals surface area contributed by atoms with Crippen LogP contribution in [0.5, 0.6) is 0 Å². The molecule has 0 saturated heterocycles. The number of alkyl halides is 6. The van der Waals surface area contributed by atoms with Gasteiger partial charge in [0.1, 0.15) is 0 Å². The van der Waals surface area contributed by atoms with E-state index in [4.69, 9.17) is 19.8 Å². The third-order valence-electron chi connectivity index (χ3n) is 4.13. The first-order valence-corrected chi connectivity index (χ1v) is 9.36. The molecule has 0 radical (unpaired) electrons. The Morgan fingerprint density at radius 1 is 0.829 bits per heavy atom. The molecule has 0 fully saturated rings. The van der Waals surface area contributed by atoms with Crippen molar-refractivity contribution in [1.29, 1.82) is 0 Å². The number of nitrogens with zero attached hydrogens (tertiary/aromatic N) is 3. The van der Waals surface area contributed by atoms with Gasteiger partial charge in [-0.2, -0.15) is 26.3 Å². The van der Waals surface area contributed by atoms with Gasteiger partial charge in [0.2, 0.25) is 5.78 Å². The van der Waals surface area contributed by atoms with Crippen molar-refractivity contribution in [3.8, 4) is 11.3 Å². The molecule has 3 N–H and O–H groups in total. The van der Waals surface area contributed by atoms with Crippen LogP contribution < -0.4 is 5.32 Å². The number of aromatic nitrogens is 3. The predicted octanol–water partition coefficient (Wildman–Crippen LogP) is 4.86. The summed E-state index contributed by atoms with van der Waals surface area (Å²) in [6.45, 7) is 0. The van der Waals surface area contributed by atoms with Gasteiger partial charge in [-0.05, 0) is 30.3 Å². The minimum absolute atomic E-state index is 0.728. The molecular formula is C21H16F6N4O4. The minimum Gasteiger partial charge on any atom is -0.475 e. The number of aliphatic carboxylic acids is 2. The van der Waals surface area contributed by atoms with Crippen molar-refractivity contribution >= 4 is 34.4 Å². The summed E-state index contributed by atoms with van der Waals surface area (Å²) in [5.41, 5.74) is 5.15. The highest BCUT2D eigenvalue weighted by molar-refractivity contribution is 5.80. The molecule has 0 bridgehead atoms. The SMILES string of the molecule is CNc1ccc(-c2ccn3c(n2)nc2ccccc23)cc1.O=C(O)C(F)(F)F.O=C(O)C(F)(F)F. The number of para-hydroxylation sites is 2. The Morgan fingerprint density at radius 3 is 1.83 bits per heavy atom. The number of carboxylic acids is 2. The Hall–Kier alpha value is -4.36. The van der Waals surface area contributed by atoms with E-state index in [-0.39, 0.29) is 0 Å². The van der Waals surface area contributed by atoms with Crippen molar-refractivity contribution in [1.82, 2.24) is 14.4 Å².